The van der Waals surface area contributed by atoms with Gasteiger partial charge in [-0.2, -0.15) is 0 Å². The van der Waals surface area contributed by atoms with Crippen LogP contribution in [-0.2, 0) is 9.59 Å². The maximum absolute atomic E-state index is 13.2. The lowest BCUT2D eigenvalue weighted by atomic mass is 9.99. The largest absolute Gasteiger partial charge is 0.494 e. The Balaban J connectivity index is 1.58. The maximum Gasteiger partial charge on any atom is 0.278 e. The highest BCUT2D eigenvalue weighted by Gasteiger charge is 2.38. The second kappa shape index (κ2) is 10.8. The summed E-state index contributed by atoms with van der Waals surface area (Å²) in [6.07, 6.45) is 4.06. The number of carbonyl (C=O) groups excluding carboxylic acids is 2. The first-order valence-corrected chi connectivity index (χ1v) is 12.5. The number of nitrogens with one attached hydrogen (secondary N) is 1. The summed E-state index contributed by atoms with van der Waals surface area (Å²) < 4.78 is 5.67. The van der Waals surface area contributed by atoms with Crippen molar-refractivity contribution < 1.29 is 14.3 Å². The number of hydrogen-bond acceptors (Lipinski definition) is 5. The zero-order valence-electron chi connectivity index (χ0n) is 20.5. The predicted octanol–water partition coefficient (Wildman–Crippen LogP) is 5.31. The molecule has 2 aliphatic rings. The molecule has 0 bridgehead atoms. The van der Waals surface area contributed by atoms with E-state index in [1.165, 1.54) is 23.4 Å². The van der Waals surface area contributed by atoms with Crippen molar-refractivity contribution in [2.75, 3.05) is 36.5 Å². The van der Waals surface area contributed by atoms with Gasteiger partial charge in [0.2, 0.25) is 0 Å². The number of piperidine rings is 1. The quantitative estimate of drug-likeness (QED) is 0.513. The van der Waals surface area contributed by atoms with Crippen molar-refractivity contribution >= 4 is 28.8 Å². The highest BCUT2D eigenvalue weighted by atomic mass is 16.5. The van der Waals surface area contributed by atoms with E-state index in [1.54, 1.807) is 0 Å². The molecule has 2 amide bonds. The second-order valence-corrected chi connectivity index (χ2v) is 9.23. The average molecular weight is 462 g/mol. The Morgan fingerprint density at radius 3 is 2.21 bits per heavy atom. The van der Waals surface area contributed by atoms with E-state index in [0.29, 0.717) is 36.4 Å². The van der Waals surface area contributed by atoms with Crippen LogP contribution in [0.4, 0.5) is 11.4 Å². The van der Waals surface area contributed by atoms with Crippen LogP contribution in [0.15, 0.2) is 54.2 Å². The van der Waals surface area contributed by atoms with E-state index in [4.69, 9.17) is 4.74 Å². The van der Waals surface area contributed by atoms with Crippen LogP contribution < -0.4 is 15.0 Å². The summed E-state index contributed by atoms with van der Waals surface area (Å²) in [4.78, 5) is 30.2. The Morgan fingerprint density at radius 1 is 0.912 bits per heavy atom. The standard InChI is InChI=1S/C28H35N3O3/c1-4-16-31-27(32)25(21-6-12-24(13-7-21)34-19-5-2)26(28(31)33)29-22-8-10-23(11-9-22)30-17-14-20(3)15-18-30/h6-13,20,29H,4-5,14-19H2,1-3H3. The highest BCUT2D eigenvalue weighted by molar-refractivity contribution is 6.36. The molecule has 1 fully saturated rings. The number of anilines is 2. The first kappa shape index (κ1) is 23.9. The summed E-state index contributed by atoms with van der Waals surface area (Å²) in [6, 6.07) is 15.5. The van der Waals surface area contributed by atoms with Gasteiger partial charge in [0, 0.05) is 31.0 Å². The summed E-state index contributed by atoms with van der Waals surface area (Å²) in [6.45, 7) is 9.51. The van der Waals surface area contributed by atoms with E-state index in [-0.39, 0.29) is 11.8 Å². The molecule has 2 aliphatic heterocycles. The Hall–Kier alpha value is -3.28. The molecule has 180 valence electrons. The molecule has 34 heavy (non-hydrogen) atoms. The lowest BCUT2D eigenvalue weighted by Gasteiger charge is -2.32. The van der Waals surface area contributed by atoms with E-state index in [2.05, 4.69) is 36.2 Å². The molecule has 1 saturated heterocycles. The number of rotatable bonds is 9. The minimum Gasteiger partial charge on any atom is -0.494 e. The van der Waals surface area contributed by atoms with Crippen LogP contribution in [0.2, 0.25) is 0 Å². The van der Waals surface area contributed by atoms with Crippen molar-refractivity contribution in [3.05, 3.63) is 59.8 Å². The van der Waals surface area contributed by atoms with E-state index in [9.17, 15) is 9.59 Å². The summed E-state index contributed by atoms with van der Waals surface area (Å²) in [7, 11) is 0. The summed E-state index contributed by atoms with van der Waals surface area (Å²) in [5.41, 5.74) is 3.44. The third-order valence-corrected chi connectivity index (χ3v) is 6.52. The molecule has 0 radical (unpaired) electrons. The van der Waals surface area contributed by atoms with Crippen LogP contribution >= 0.6 is 0 Å². The third kappa shape index (κ3) is 5.11. The zero-order valence-corrected chi connectivity index (χ0v) is 20.5. The van der Waals surface area contributed by atoms with Crippen LogP contribution in [0.1, 0.15) is 52.0 Å². The van der Waals surface area contributed by atoms with Gasteiger partial charge in [-0.05, 0) is 73.6 Å². The average Bonchev–Trinajstić information content (AvgIpc) is 3.08. The first-order valence-electron chi connectivity index (χ1n) is 12.5. The number of ether oxygens (including phenoxy) is 1. The molecule has 0 aromatic heterocycles. The molecule has 6 heteroatoms. The van der Waals surface area contributed by atoms with Gasteiger partial charge in [0.05, 0.1) is 12.2 Å². The van der Waals surface area contributed by atoms with E-state index in [1.807, 2.05) is 43.3 Å². The van der Waals surface area contributed by atoms with Crippen molar-refractivity contribution in [1.29, 1.82) is 0 Å². The molecular formula is C28H35N3O3. The Bertz CT molecular complexity index is 1040. The fourth-order valence-electron chi connectivity index (χ4n) is 4.49. The van der Waals surface area contributed by atoms with Crippen LogP contribution in [0, 0.1) is 5.92 Å². The Kier molecular flexibility index (Phi) is 7.56. The van der Waals surface area contributed by atoms with Gasteiger partial charge in [0.25, 0.3) is 11.8 Å². The van der Waals surface area contributed by atoms with Crippen LogP contribution in [0.5, 0.6) is 5.75 Å². The number of carbonyl (C=O) groups is 2. The van der Waals surface area contributed by atoms with Gasteiger partial charge in [-0.3, -0.25) is 14.5 Å². The van der Waals surface area contributed by atoms with Gasteiger partial charge in [0.1, 0.15) is 11.4 Å². The molecule has 2 aromatic carbocycles. The smallest absolute Gasteiger partial charge is 0.278 e. The SMILES string of the molecule is CCCOc1ccc(C2=C(Nc3ccc(N4CCC(C)CC4)cc3)C(=O)N(CCC)C2=O)cc1. The molecular weight excluding hydrogens is 426 g/mol. The number of nitrogens with zero attached hydrogens (tertiary/aromatic N) is 2. The molecule has 1 N–H and O–H groups in total. The molecule has 0 aliphatic carbocycles. The molecule has 4 rings (SSSR count). The lowest BCUT2D eigenvalue weighted by Crippen LogP contribution is -2.33. The van der Waals surface area contributed by atoms with Gasteiger partial charge in [-0.15, -0.1) is 0 Å². The Labute approximate surface area is 202 Å². The van der Waals surface area contributed by atoms with Crippen molar-refractivity contribution in [3.8, 4) is 5.75 Å². The van der Waals surface area contributed by atoms with Gasteiger partial charge in [-0.1, -0.05) is 32.9 Å². The van der Waals surface area contributed by atoms with Gasteiger partial charge >= 0.3 is 0 Å². The molecule has 6 nitrogen and oxygen atoms in total. The normalized spacial score (nSPS) is 17.0. The fraction of sp³-hybridized carbons (Fsp3) is 0.429. The number of imide groups is 1. The highest BCUT2D eigenvalue weighted by Crippen LogP contribution is 2.32. The van der Waals surface area contributed by atoms with Crippen LogP contribution in [0.3, 0.4) is 0 Å². The summed E-state index contributed by atoms with van der Waals surface area (Å²) in [5.74, 6) is 1.01. The van der Waals surface area contributed by atoms with Crippen molar-refractivity contribution in [2.45, 2.75) is 46.5 Å². The molecule has 0 atom stereocenters. The topological polar surface area (TPSA) is 61.9 Å². The molecule has 0 spiro atoms. The van der Waals surface area contributed by atoms with Crippen LogP contribution in [0.25, 0.3) is 5.57 Å². The lowest BCUT2D eigenvalue weighted by molar-refractivity contribution is -0.136. The van der Waals surface area contributed by atoms with Crippen molar-refractivity contribution in [2.24, 2.45) is 5.92 Å². The predicted molar refractivity (Wildman–Crippen MR) is 137 cm³/mol. The summed E-state index contributed by atoms with van der Waals surface area (Å²) in [5, 5.41) is 3.26. The minimum atomic E-state index is -0.276. The fourth-order valence-corrected chi connectivity index (χ4v) is 4.49. The maximum atomic E-state index is 13.2. The molecule has 0 saturated carbocycles. The monoisotopic (exact) mass is 461 g/mol. The first-order chi connectivity index (χ1) is 16.5. The van der Waals surface area contributed by atoms with Crippen LogP contribution in [-0.4, -0.2) is 43.0 Å². The van der Waals surface area contributed by atoms with Crippen molar-refractivity contribution in [1.82, 2.24) is 4.90 Å². The molecule has 2 heterocycles. The number of hydrogen-bond donors (Lipinski definition) is 1. The van der Waals surface area contributed by atoms with Gasteiger partial charge in [0.15, 0.2) is 0 Å². The molecule has 2 aromatic rings. The minimum absolute atomic E-state index is 0.254. The second-order valence-electron chi connectivity index (χ2n) is 9.23. The van der Waals surface area contributed by atoms with Gasteiger partial charge < -0.3 is 15.0 Å². The molecule has 0 unspecified atom stereocenters. The number of amides is 2. The zero-order chi connectivity index (χ0) is 24.1. The Morgan fingerprint density at radius 2 is 1.59 bits per heavy atom. The van der Waals surface area contributed by atoms with Crippen molar-refractivity contribution in [3.63, 3.8) is 0 Å². The van der Waals surface area contributed by atoms with E-state index >= 15 is 0 Å². The van der Waals surface area contributed by atoms with Gasteiger partial charge in [-0.25, -0.2) is 0 Å². The van der Waals surface area contributed by atoms with E-state index < -0.39 is 0 Å². The summed E-state index contributed by atoms with van der Waals surface area (Å²) >= 11 is 0. The third-order valence-electron chi connectivity index (χ3n) is 6.52. The van der Waals surface area contributed by atoms with E-state index in [0.717, 1.165) is 36.9 Å². The number of benzene rings is 2.